The molecule has 22 heavy (non-hydrogen) atoms. The number of amides is 1. The number of carbonyl (C=O) groups excluding carboxylic acids is 1. The van der Waals surface area contributed by atoms with Gasteiger partial charge in [0.2, 0.25) is 0 Å². The fourth-order valence-electron chi connectivity index (χ4n) is 2.41. The van der Waals surface area contributed by atoms with Crippen molar-refractivity contribution in [2.45, 2.75) is 19.9 Å². The molecule has 118 valence electrons. The Morgan fingerprint density at radius 1 is 1.18 bits per heavy atom. The second-order valence-corrected chi connectivity index (χ2v) is 6.11. The standard InChI is InChI=1S/C15H18N2O4S/c1-10(2)14(15(18)16-19)17(22(20)21)13-8-7-11-5-3-4-6-12(11)9-13/h3-10,14,19H,1-2H3,(H,16,18)(H,20,21). The van der Waals surface area contributed by atoms with E-state index in [0.717, 1.165) is 15.1 Å². The molecule has 0 aromatic heterocycles. The van der Waals surface area contributed by atoms with E-state index in [4.69, 9.17) is 5.21 Å². The Hall–Kier alpha value is -1.96. The molecule has 2 aromatic rings. The fourth-order valence-corrected chi connectivity index (χ4v) is 3.24. The molecule has 0 aliphatic heterocycles. The number of nitrogens with zero attached hydrogens (tertiary/aromatic N) is 1. The van der Waals surface area contributed by atoms with Crippen molar-refractivity contribution in [2.24, 2.45) is 5.92 Å². The molecular weight excluding hydrogens is 304 g/mol. The van der Waals surface area contributed by atoms with Crippen molar-refractivity contribution in [3.8, 4) is 0 Å². The molecule has 0 radical (unpaired) electrons. The Kier molecular flexibility index (Phi) is 5.12. The van der Waals surface area contributed by atoms with E-state index in [0.29, 0.717) is 5.69 Å². The summed E-state index contributed by atoms with van der Waals surface area (Å²) in [7, 11) is 0. The highest BCUT2D eigenvalue weighted by Crippen LogP contribution is 2.27. The highest BCUT2D eigenvalue weighted by molar-refractivity contribution is 7.80. The SMILES string of the molecule is CC(C)C(C(=O)NO)N(c1ccc2ccccc2c1)S(=O)O. The number of fused-ring (bicyclic) bond motifs is 1. The molecule has 0 bridgehead atoms. The molecule has 0 aliphatic rings. The average Bonchev–Trinajstić information content (AvgIpc) is 2.50. The average molecular weight is 322 g/mol. The second kappa shape index (κ2) is 6.87. The van der Waals surface area contributed by atoms with Gasteiger partial charge in [-0.25, -0.2) is 9.69 Å². The van der Waals surface area contributed by atoms with Gasteiger partial charge in [0.15, 0.2) is 0 Å². The van der Waals surface area contributed by atoms with E-state index in [1.807, 2.05) is 30.3 Å². The van der Waals surface area contributed by atoms with Crippen LogP contribution in [0.15, 0.2) is 42.5 Å². The Morgan fingerprint density at radius 3 is 2.36 bits per heavy atom. The molecule has 2 rings (SSSR count). The van der Waals surface area contributed by atoms with Crippen LogP contribution in [-0.4, -0.2) is 25.9 Å². The van der Waals surface area contributed by atoms with Crippen LogP contribution in [0.5, 0.6) is 0 Å². The van der Waals surface area contributed by atoms with E-state index in [2.05, 4.69) is 0 Å². The molecule has 0 saturated carbocycles. The smallest absolute Gasteiger partial charge is 0.267 e. The predicted octanol–water partition coefficient (Wildman–Crippen LogP) is 2.31. The molecule has 2 aromatic carbocycles. The number of nitrogens with one attached hydrogen (secondary N) is 1. The third kappa shape index (κ3) is 3.27. The van der Waals surface area contributed by atoms with Gasteiger partial charge in [-0.2, -0.15) is 0 Å². The molecule has 2 unspecified atom stereocenters. The highest BCUT2D eigenvalue weighted by atomic mass is 32.2. The Labute approximate surface area is 131 Å². The summed E-state index contributed by atoms with van der Waals surface area (Å²) < 4.78 is 22.5. The Bertz CT molecular complexity index is 705. The summed E-state index contributed by atoms with van der Waals surface area (Å²) in [5.74, 6) is -1.01. The Balaban J connectivity index is 2.53. The normalized spacial score (nSPS) is 13.9. The van der Waals surface area contributed by atoms with Crippen molar-refractivity contribution in [2.75, 3.05) is 4.31 Å². The summed E-state index contributed by atoms with van der Waals surface area (Å²) in [5.41, 5.74) is 1.99. The summed E-state index contributed by atoms with van der Waals surface area (Å²) >= 11 is -2.41. The van der Waals surface area contributed by atoms with E-state index >= 15 is 0 Å². The quantitative estimate of drug-likeness (QED) is 0.448. The lowest BCUT2D eigenvalue weighted by molar-refractivity contribution is -0.131. The van der Waals surface area contributed by atoms with Gasteiger partial charge in [0, 0.05) is 0 Å². The number of hydrogen-bond donors (Lipinski definition) is 3. The zero-order chi connectivity index (χ0) is 16.3. The van der Waals surface area contributed by atoms with Crippen molar-refractivity contribution in [3.05, 3.63) is 42.5 Å². The maximum Gasteiger partial charge on any atom is 0.267 e. The summed E-state index contributed by atoms with van der Waals surface area (Å²) in [6.07, 6.45) is 0. The van der Waals surface area contributed by atoms with E-state index in [1.54, 1.807) is 31.5 Å². The van der Waals surface area contributed by atoms with E-state index in [-0.39, 0.29) is 5.92 Å². The molecular formula is C15H18N2O4S. The topological polar surface area (TPSA) is 89.9 Å². The lowest BCUT2D eigenvalue weighted by atomic mass is 10.0. The number of rotatable bonds is 5. The first-order chi connectivity index (χ1) is 10.5. The van der Waals surface area contributed by atoms with Crippen LogP contribution in [0.2, 0.25) is 0 Å². The van der Waals surface area contributed by atoms with Crippen molar-refractivity contribution in [1.82, 2.24) is 5.48 Å². The maximum absolute atomic E-state index is 11.9. The summed E-state index contributed by atoms with van der Waals surface area (Å²) in [5, 5.41) is 10.8. The first-order valence-electron chi connectivity index (χ1n) is 6.78. The van der Waals surface area contributed by atoms with Crippen LogP contribution >= 0.6 is 0 Å². The minimum Gasteiger partial charge on any atom is -0.289 e. The molecule has 2 atom stereocenters. The monoisotopic (exact) mass is 322 g/mol. The van der Waals surface area contributed by atoms with Crippen LogP contribution in [-0.2, 0) is 16.1 Å². The van der Waals surface area contributed by atoms with Gasteiger partial charge < -0.3 is 0 Å². The number of hydrogen-bond acceptors (Lipinski definition) is 3. The zero-order valence-corrected chi connectivity index (χ0v) is 13.1. The van der Waals surface area contributed by atoms with Gasteiger partial charge in [-0.05, 0) is 28.8 Å². The molecule has 0 aliphatic carbocycles. The van der Waals surface area contributed by atoms with Crippen molar-refractivity contribution >= 4 is 33.6 Å². The van der Waals surface area contributed by atoms with Crippen molar-refractivity contribution in [3.63, 3.8) is 0 Å². The van der Waals surface area contributed by atoms with Gasteiger partial charge in [0.1, 0.15) is 6.04 Å². The van der Waals surface area contributed by atoms with Gasteiger partial charge in [0.25, 0.3) is 17.2 Å². The first kappa shape index (κ1) is 16.4. The summed E-state index contributed by atoms with van der Waals surface area (Å²) in [4.78, 5) is 11.9. The maximum atomic E-state index is 11.9. The number of hydroxylamine groups is 1. The summed E-state index contributed by atoms with van der Waals surface area (Å²) in [6.45, 7) is 3.47. The predicted molar refractivity (Wildman–Crippen MR) is 85.8 cm³/mol. The van der Waals surface area contributed by atoms with Crippen LogP contribution in [0.3, 0.4) is 0 Å². The van der Waals surface area contributed by atoms with Gasteiger partial charge in [0.05, 0.1) is 5.69 Å². The van der Waals surface area contributed by atoms with Crippen molar-refractivity contribution < 1.29 is 18.8 Å². The Morgan fingerprint density at radius 2 is 1.82 bits per heavy atom. The molecule has 0 fully saturated rings. The molecule has 0 spiro atoms. The lowest BCUT2D eigenvalue weighted by Crippen LogP contribution is -2.50. The number of anilines is 1. The lowest BCUT2D eigenvalue weighted by Gasteiger charge is -2.31. The van der Waals surface area contributed by atoms with Crippen LogP contribution in [0, 0.1) is 5.92 Å². The van der Waals surface area contributed by atoms with E-state index < -0.39 is 23.2 Å². The second-order valence-electron chi connectivity index (χ2n) is 5.25. The number of carbonyl (C=O) groups is 1. The minimum absolute atomic E-state index is 0.283. The van der Waals surface area contributed by atoms with Gasteiger partial charge in [-0.1, -0.05) is 44.2 Å². The largest absolute Gasteiger partial charge is 0.289 e. The van der Waals surface area contributed by atoms with Gasteiger partial charge in [-0.15, -0.1) is 0 Å². The molecule has 6 nitrogen and oxygen atoms in total. The van der Waals surface area contributed by atoms with Crippen LogP contribution in [0.4, 0.5) is 5.69 Å². The van der Waals surface area contributed by atoms with Crippen LogP contribution < -0.4 is 9.79 Å². The first-order valence-corrected chi connectivity index (χ1v) is 7.85. The minimum atomic E-state index is -2.41. The van der Waals surface area contributed by atoms with E-state index in [1.165, 1.54) is 0 Å². The fraction of sp³-hybridized carbons (Fsp3) is 0.267. The van der Waals surface area contributed by atoms with E-state index in [9.17, 15) is 13.6 Å². The molecule has 1 amide bonds. The zero-order valence-electron chi connectivity index (χ0n) is 12.3. The number of benzene rings is 2. The molecule has 7 heteroatoms. The third-order valence-electron chi connectivity index (χ3n) is 3.42. The highest BCUT2D eigenvalue weighted by Gasteiger charge is 2.32. The van der Waals surface area contributed by atoms with Crippen LogP contribution in [0.25, 0.3) is 10.8 Å². The van der Waals surface area contributed by atoms with Crippen molar-refractivity contribution in [1.29, 1.82) is 0 Å². The van der Waals surface area contributed by atoms with Gasteiger partial charge >= 0.3 is 0 Å². The van der Waals surface area contributed by atoms with Crippen LogP contribution in [0.1, 0.15) is 13.8 Å². The molecule has 0 heterocycles. The molecule has 0 saturated heterocycles. The van der Waals surface area contributed by atoms with Gasteiger partial charge in [-0.3, -0.25) is 18.9 Å². The summed E-state index contributed by atoms with van der Waals surface area (Å²) in [6, 6.07) is 11.8. The third-order valence-corrected chi connectivity index (χ3v) is 4.19. The molecule has 3 N–H and O–H groups in total.